The van der Waals surface area contributed by atoms with Gasteiger partial charge in [-0.05, 0) is 67.0 Å². The first kappa shape index (κ1) is 23.7. The van der Waals surface area contributed by atoms with E-state index in [2.05, 4.69) is 62.6 Å². The molecule has 1 heterocycles. The van der Waals surface area contributed by atoms with E-state index in [4.69, 9.17) is 5.41 Å². The van der Waals surface area contributed by atoms with Gasteiger partial charge in [0.15, 0.2) is 9.84 Å². The zero-order valence-electron chi connectivity index (χ0n) is 18.2. The maximum absolute atomic E-state index is 12.1. The Hall–Kier alpha value is -2.98. The van der Waals surface area contributed by atoms with E-state index in [9.17, 15) is 8.42 Å². The third kappa shape index (κ3) is 6.04. The Bertz CT molecular complexity index is 1260. The van der Waals surface area contributed by atoms with Crippen molar-refractivity contribution in [2.24, 2.45) is 0 Å². The van der Waals surface area contributed by atoms with E-state index in [1.807, 2.05) is 18.2 Å². The smallest absolute Gasteiger partial charge is 0.229 e. The molecule has 3 aromatic rings. The molecule has 8 nitrogen and oxygen atoms in total. The highest BCUT2D eigenvalue weighted by Gasteiger charge is 2.15. The first-order valence-corrected chi connectivity index (χ1v) is 12.4. The Morgan fingerprint density at radius 2 is 1.78 bits per heavy atom. The number of aromatic nitrogens is 2. The number of nitrogens with one attached hydrogen (secondary N) is 4. The van der Waals surface area contributed by atoms with Crippen LogP contribution in [0.15, 0.2) is 58.0 Å². The number of benzene rings is 2. The highest BCUT2D eigenvalue weighted by Crippen LogP contribution is 2.29. The zero-order valence-corrected chi connectivity index (χ0v) is 20.6. The fourth-order valence-electron chi connectivity index (χ4n) is 2.94. The van der Waals surface area contributed by atoms with Crippen molar-refractivity contribution in [1.29, 1.82) is 5.41 Å². The Balaban J connectivity index is 1.88. The van der Waals surface area contributed by atoms with Crippen molar-refractivity contribution in [3.8, 4) is 0 Å². The maximum atomic E-state index is 12.1. The lowest BCUT2D eigenvalue weighted by Gasteiger charge is -2.23. The molecule has 0 fully saturated rings. The average molecular weight is 517 g/mol. The van der Waals surface area contributed by atoms with E-state index in [0.717, 1.165) is 17.5 Å². The maximum Gasteiger partial charge on any atom is 0.229 e. The highest BCUT2D eigenvalue weighted by molar-refractivity contribution is 9.10. The van der Waals surface area contributed by atoms with Crippen LogP contribution in [-0.2, 0) is 9.84 Å². The molecule has 0 aliphatic heterocycles. The molecule has 0 bridgehead atoms. The standard InChI is InChI=1S/C22H25BrN6O2S/c1-22(2,3)29-17-10-9-15(11-14(17)12-24)26-21-25-13-16(23)20(28-21)27-18-7-5-6-8-19(18)32(4,30)31/h5-13,24,29H,1-4H3,(H2,25,26,27,28). The van der Waals surface area contributed by atoms with Crippen molar-refractivity contribution >= 4 is 60.8 Å². The van der Waals surface area contributed by atoms with Crippen molar-refractivity contribution in [2.75, 3.05) is 22.2 Å². The number of nitrogens with zero attached hydrogens (tertiary/aromatic N) is 2. The van der Waals surface area contributed by atoms with Gasteiger partial charge in [0.1, 0.15) is 5.82 Å². The number of hydrogen-bond donors (Lipinski definition) is 4. The minimum absolute atomic E-state index is 0.135. The molecular weight excluding hydrogens is 492 g/mol. The second-order valence-corrected chi connectivity index (χ2v) is 11.1. The Morgan fingerprint density at radius 3 is 2.44 bits per heavy atom. The van der Waals surface area contributed by atoms with Gasteiger partial charge in [-0.2, -0.15) is 4.98 Å². The van der Waals surface area contributed by atoms with Crippen molar-refractivity contribution in [3.05, 3.63) is 58.7 Å². The molecular formula is C22H25BrN6O2S. The summed E-state index contributed by atoms with van der Waals surface area (Å²) in [6, 6.07) is 12.2. The van der Waals surface area contributed by atoms with Crippen LogP contribution in [0.1, 0.15) is 26.3 Å². The SMILES string of the molecule is CC(C)(C)Nc1ccc(Nc2ncc(Br)c(Nc3ccccc3S(C)(=O)=O)n2)cc1C=N. The summed E-state index contributed by atoms with van der Waals surface area (Å²) in [4.78, 5) is 8.94. The Kier molecular flexibility index (Phi) is 6.85. The molecule has 3 rings (SSSR count). The van der Waals surface area contributed by atoms with Crippen molar-refractivity contribution in [3.63, 3.8) is 0 Å². The van der Waals surface area contributed by atoms with E-state index < -0.39 is 9.84 Å². The van der Waals surface area contributed by atoms with Gasteiger partial charge >= 0.3 is 0 Å². The first-order chi connectivity index (χ1) is 15.0. The molecule has 0 radical (unpaired) electrons. The molecule has 0 atom stereocenters. The summed E-state index contributed by atoms with van der Waals surface area (Å²) in [5, 5.41) is 17.3. The van der Waals surface area contributed by atoms with Gasteiger partial charge in [-0.1, -0.05) is 12.1 Å². The highest BCUT2D eigenvalue weighted by atomic mass is 79.9. The monoisotopic (exact) mass is 516 g/mol. The first-order valence-electron chi connectivity index (χ1n) is 9.75. The van der Waals surface area contributed by atoms with Crippen molar-refractivity contribution in [1.82, 2.24) is 9.97 Å². The average Bonchev–Trinajstić information content (AvgIpc) is 2.70. The van der Waals surface area contributed by atoms with Gasteiger partial charge in [0.2, 0.25) is 5.95 Å². The molecule has 0 spiro atoms. The molecule has 168 valence electrons. The van der Waals surface area contributed by atoms with Crippen LogP contribution in [0.5, 0.6) is 0 Å². The Morgan fingerprint density at radius 1 is 1.06 bits per heavy atom. The minimum atomic E-state index is -3.41. The van der Waals surface area contributed by atoms with Crippen molar-refractivity contribution in [2.45, 2.75) is 31.2 Å². The molecule has 4 N–H and O–H groups in total. The van der Waals surface area contributed by atoms with Gasteiger partial charge in [-0.25, -0.2) is 13.4 Å². The van der Waals surface area contributed by atoms with Crippen LogP contribution >= 0.6 is 15.9 Å². The van der Waals surface area contributed by atoms with Gasteiger partial charge in [0.25, 0.3) is 0 Å². The number of halogens is 1. The normalized spacial score (nSPS) is 11.7. The third-order valence-corrected chi connectivity index (χ3v) is 5.99. The topological polar surface area (TPSA) is 120 Å². The quantitative estimate of drug-likeness (QED) is 0.313. The summed E-state index contributed by atoms with van der Waals surface area (Å²) < 4.78 is 24.8. The van der Waals surface area contributed by atoms with Crippen molar-refractivity contribution < 1.29 is 8.42 Å². The molecule has 0 saturated heterocycles. The second kappa shape index (κ2) is 9.25. The van der Waals surface area contributed by atoms with Crippen LogP contribution in [0.4, 0.5) is 28.8 Å². The summed E-state index contributed by atoms with van der Waals surface area (Å²) in [5.41, 5.74) is 2.58. The second-order valence-electron chi connectivity index (χ2n) is 8.23. The van der Waals surface area contributed by atoms with Crippen LogP contribution in [0.3, 0.4) is 0 Å². The van der Waals surface area contributed by atoms with E-state index >= 15 is 0 Å². The molecule has 0 aliphatic carbocycles. The van der Waals surface area contributed by atoms with E-state index in [1.165, 1.54) is 12.3 Å². The Labute approximate surface area is 196 Å². The summed E-state index contributed by atoms with van der Waals surface area (Å²) in [6.45, 7) is 6.16. The molecule has 2 aromatic carbocycles. The number of sulfone groups is 1. The fraction of sp³-hybridized carbons (Fsp3) is 0.227. The van der Waals surface area contributed by atoms with Crippen LogP contribution in [0.2, 0.25) is 0 Å². The summed E-state index contributed by atoms with van der Waals surface area (Å²) in [5.74, 6) is 0.733. The number of para-hydroxylation sites is 1. The summed E-state index contributed by atoms with van der Waals surface area (Å²) in [6.07, 6.45) is 4.03. The van der Waals surface area contributed by atoms with Crippen LogP contribution in [0.25, 0.3) is 0 Å². The lowest BCUT2D eigenvalue weighted by Crippen LogP contribution is -2.26. The molecule has 0 unspecified atom stereocenters. The van der Waals surface area contributed by atoms with Crippen LogP contribution in [0, 0.1) is 5.41 Å². The lowest BCUT2D eigenvalue weighted by molar-refractivity contribution is 0.602. The summed E-state index contributed by atoms with van der Waals surface area (Å²) >= 11 is 3.41. The van der Waals surface area contributed by atoms with E-state index in [1.54, 1.807) is 24.4 Å². The van der Waals surface area contributed by atoms with Gasteiger partial charge in [0, 0.05) is 41.1 Å². The lowest BCUT2D eigenvalue weighted by atomic mass is 10.1. The van der Waals surface area contributed by atoms with Gasteiger partial charge < -0.3 is 21.4 Å². The van der Waals surface area contributed by atoms with E-state index in [0.29, 0.717) is 27.6 Å². The predicted octanol–water partition coefficient (Wildman–Crippen LogP) is 5.34. The zero-order chi connectivity index (χ0) is 23.5. The molecule has 10 heteroatoms. The van der Waals surface area contributed by atoms with Crippen LogP contribution in [-0.4, -0.2) is 36.4 Å². The predicted molar refractivity (Wildman–Crippen MR) is 134 cm³/mol. The largest absolute Gasteiger partial charge is 0.380 e. The molecule has 0 aliphatic rings. The number of anilines is 5. The minimum Gasteiger partial charge on any atom is -0.380 e. The third-order valence-electron chi connectivity index (χ3n) is 4.26. The van der Waals surface area contributed by atoms with Gasteiger partial charge in [0.05, 0.1) is 15.1 Å². The number of hydrogen-bond acceptors (Lipinski definition) is 8. The molecule has 32 heavy (non-hydrogen) atoms. The molecule has 1 aromatic heterocycles. The molecule has 0 saturated carbocycles. The fourth-order valence-corrected chi connectivity index (χ4v) is 4.08. The van der Waals surface area contributed by atoms with E-state index in [-0.39, 0.29) is 10.4 Å². The molecule has 0 amide bonds. The summed E-state index contributed by atoms with van der Waals surface area (Å²) in [7, 11) is -3.41. The number of rotatable bonds is 7. The van der Waals surface area contributed by atoms with Gasteiger partial charge in [-0.3, -0.25) is 0 Å². The van der Waals surface area contributed by atoms with Gasteiger partial charge in [-0.15, -0.1) is 0 Å². The van der Waals surface area contributed by atoms with Crippen LogP contribution < -0.4 is 16.0 Å².